The van der Waals surface area contributed by atoms with Crippen molar-refractivity contribution in [2.45, 2.75) is 20.3 Å². The summed E-state index contributed by atoms with van der Waals surface area (Å²) >= 11 is 3.53. The van der Waals surface area contributed by atoms with Crippen molar-refractivity contribution in [1.29, 1.82) is 0 Å². The van der Waals surface area contributed by atoms with Crippen molar-refractivity contribution in [3.05, 3.63) is 27.7 Å². The van der Waals surface area contributed by atoms with Gasteiger partial charge in [-0.2, -0.15) is 0 Å². The molecule has 2 nitrogen and oxygen atoms in total. The highest BCUT2D eigenvalue weighted by molar-refractivity contribution is 9.10. The second kappa shape index (κ2) is 5.37. The first-order valence-corrected chi connectivity index (χ1v) is 5.56. The molecule has 78 valence electrons. The Hall–Kier alpha value is -0.540. The van der Waals surface area contributed by atoms with E-state index in [0.717, 1.165) is 18.7 Å². The monoisotopic (exact) mass is 257 g/mol. The molecule has 14 heavy (non-hydrogen) atoms. The summed E-state index contributed by atoms with van der Waals surface area (Å²) in [7, 11) is 0. The van der Waals surface area contributed by atoms with Gasteiger partial charge in [-0.3, -0.25) is 0 Å². The summed E-state index contributed by atoms with van der Waals surface area (Å²) in [6, 6.07) is 4.21. The lowest BCUT2D eigenvalue weighted by Gasteiger charge is -2.09. The molecule has 0 aromatic heterocycles. The fourth-order valence-corrected chi connectivity index (χ4v) is 1.59. The largest absolute Gasteiger partial charge is 0.396 e. The number of halogens is 1. The van der Waals surface area contributed by atoms with Crippen LogP contribution in [0.15, 0.2) is 16.6 Å². The maximum atomic E-state index is 8.65. The van der Waals surface area contributed by atoms with Crippen molar-refractivity contribution < 1.29 is 5.11 Å². The molecular formula is C11H16BrNO. The number of aliphatic hydroxyl groups is 1. The normalized spacial score (nSPS) is 10.3. The summed E-state index contributed by atoms with van der Waals surface area (Å²) in [6.07, 6.45) is 0.786. The molecule has 0 atom stereocenters. The number of benzene rings is 1. The molecule has 0 bridgehead atoms. The number of hydrogen-bond acceptors (Lipinski definition) is 2. The zero-order valence-corrected chi connectivity index (χ0v) is 10.2. The lowest BCUT2D eigenvalue weighted by molar-refractivity contribution is 0.292. The van der Waals surface area contributed by atoms with Gasteiger partial charge in [-0.15, -0.1) is 0 Å². The Morgan fingerprint density at radius 1 is 1.29 bits per heavy atom. The average molecular weight is 258 g/mol. The van der Waals surface area contributed by atoms with Crippen molar-refractivity contribution in [3.8, 4) is 0 Å². The Balaban J connectivity index is 2.69. The molecular weight excluding hydrogens is 242 g/mol. The first-order chi connectivity index (χ1) is 6.65. The van der Waals surface area contributed by atoms with Crippen molar-refractivity contribution in [2.24, 2.45) is 0 Å². The number of aliphatic hydroxyl groups excluding tert-OH is 1. The first-order valence-electron chi connectivity index (χ1n) is 4.76. The summed E-state index contributed by atoms with van der Waals surface area (Å²) in [5.41, 5.74) is 3.59. The fourth-order valence-electron chi connectivity index (χ4n) is 1.36. The summed E-state index contributed by atoms with van der Waals surface area (Å²) in [5, 5.41) is 11.9. The van der Waals surface area contributed by atoms with E-state index in [2.05, 4.69) is 47.2 Å². The third kappa shape index (κ3) is 3.00. The molecule has 0 fully saturated rings. The van der Waals surface area contributed by atoms with Crippen LogP contribution in [-0.2, 0) is 0 Å². The van der Waals surface area contributed by atoms with Crippen LogP contribution in [0.5, 0.6) is 0 Å². The standard InChI is InChI=1S/C11H16BrNO/c1-8-6-10(13-4-3-5-14)7-9(2)11(8)12/h6-7,13-14H,3-5H2,1-2H3. The van der Waals surface area contributed by atoms with E-state index < -0.39 is 0 Å². The lowest BCUT2D eigenvalue weighted by atomic mass is 10.1. The van der Waals surface area contributed by atoms with Crippen LogP contribution in [0.3, 0.4) is 0 Å². The molecule has 0 aliphatic heterocycles. The van der Waals surface area contributed by atoms with E-state index in [1.54, 1.807) is 0 Å². The van der Waals surface area contributed by atoms with E-state index in [9.17, 15) is 0 Å². The molecule has 0 spiro atoms. The van der Waals surface area contributed by atoms with Crippen LogP contribution in [-0.4, -0.2) is 18.3 Å². The number of rotatable bonds is 4. The smallest absolute Gasteiger partial charge is 0.0447 e. The Morgan fingerprint density at radius 2 is 1.86 bits per heavy atom. The second-order valence-electron chi connectivity index (χ2n) is 3.43. The predicted molar refractivity (Wildman–Crippen MR) is 63.8 cm³/mol. The quantitative estimate of drug-likeness (QED) is 0.814. The van der Waals surface area contributed by atoms with Gasteiger partial charge >= 0.3 is 0 Å². The van der Waals surface area contributed by atoms with E-state index in [4.69, 9.17) is 5.11 Å². The lowest BCUT2D eigenvalue weighted by Crippen LogP contribution is -2.03. The molecule has 0 aliphatic rings. The maximum Gasteiger partial charge on any atom is 0.0447 e. The minimum Gasteiger partial charge on any atom is -0.396 e. The van der Waals surface area contributed by atoms with Gasteiger partial charge in [0.2, 0.25) is 0 Å². The molecule has 1 aromatic rings. The molecule has 0 saturated carbocycles. The summed E-state index contributed by atoms with van der Waals surface area (Å²) in [6.45, 7) is 5.21. The second-order valence-corrected chi connectivity index (χ2v) is 4.22. The minimum absolute atomic E-state index is 0.238. The highest BCUT2D eigenvalue weighted by Gasteiger charge is 2.01. The molecule has 1 rings (SSSR count). The van der Waals surface area contributed by atoms with E-state index in [1.807, 2.05) is 0 Å². The van der Waals surface area contributed by atoms with Gasteiger partial charge in [-0.1, -0.05) is 15.9 Å². The van der Waals surface area contributed by atoms with Gasteiger partial charge in [0.05, 0.1) is 0 Å². The van der Waals surface area contributed by atoms with Crippen LogP contribution >= 0.6 is 15.9 Å². The van der Waals surface area contributed by atoms with Gasteiger partial charge in [-0.25, -0.2) is 0 Å². The number of anilines is 1. The van der Waals surface area contributed by atoms with Crippen LogP contribution in [0.25, 0.3) is 0 Å². The van der Waals surface area contributed by atoms with Crippen LogP contribution in [0.2, 0.25) is 0 Å². The minimum atomic E-state index is 0.238. The first kappa shape index (κ1) is 11.5. The Morgan fingerprint density at radius 3 is 2.36 bits per heavy atom. The molecule has 0 amide bonds. The van der Waals surface area contributed by atoms with Gasteiger partial charge in [-0.05, 0) is 43.5 Å². The van der Waals surface area contributed by atoms with E-state index >= 15 is 0 Å². The van der Waals surface area contributed by atoms with E-state index in [0.29, 0.717) is 0 Å². The van der Waals surface area contributed by atoms with Gasteiger partial charge in [0.25, 0.3) is 0 Å². The van der Waals surface area contributed by atoms with Crippen molar-refractivity contribution in [1.82, 2.24) is 0 Å². The van der Waals surface area contributed by atoms with E-state index in [1.165, 1.54) is 15.6 Å². The number of aryl methyl sites for hydroxylation is 2. The number of hydrogen-bond donors (Lipinski definition) is 2. The third-order valence-corrected chi connectivity index (χ3v) is 3.35. The van der Waals surface area contributed by atoms with Gasteiger partial charge < -0.3 is 10.4 Å². The molecule has 1 aromatic carbocycles. The van der Waals surface area contributed by atoms with Gasteiger partial charge in [0.1, 0.15) is 0 Å². The molecule has 2 N–H and O–H groups in total. The van der Waals surface area contributed by atoms with Gasteiger partial charge in [0.15, 0.2) is 0 Å². The zero-order valence-electron chi connectivity index (χ0n) is 8.60. The summed E-state index contributed by atoms with van der Waals surface area (Å²) in [4.78, 5) is 0. The van der Waals surface area contributed by atoms with Gasteiger partial charge in [0, 0.05) is 23.3 Å². The highest BCUT2D eigenvalue weighted by Crippen LogP contribution is 2.24. The van der Waals surface area contributed by atoms with Crippen molar-refractivity contribution in [3.63, 3.8) is 0 Å². The topological polar surface area (TPSA) is 32.3 Å². The zero-order chi connectivity index (χ0) is 10.6. The molecule has 0 saturated heterocycles. The molecule has 0 radical (unpaired) electrons. The molecule has 3 heteroatoms. The molecule has 0 aliphatic carbocycles. The third-order valence-electron chi connectivity index (χ3n) is 2.10. The average Bonchev–Trinajstić information content (AvgIpc) is 2.14. The summed E-state index contributed by atoms with van der Waals surface area (Å²) < 4.78 is 1.17. The maximum absolute atomic E-state index is 8.65. The predicted octanol–water partition coefficient (Wildman–Crippen LogP) is 2.86. The van der Waals surface area contributed by atoms with Crippen molar-refractivity contribution >= 4 is 21.6 Å². The fraction of sp³-hybridized carbons (Fsp3) is 0.455. The molecule has 0 heterocycles. The van der Waals surface area contributed by atoms with E-state index in [-0.39, 0.29) is 6.61 Å². The van der Waals surface area contributed by atoms with Crippen LogP contribution < -0.4 is 5.32 Å². The van der Waals surface area contributed by atoms with Crippen molar-refractivity contribution in [2.75, 3.05) is 18.5 Å². The SMILES string of the molecule is Cc1cc(NCCCO)cc(C)c1Br. The highest BCUT2D eigenvalue weighted by atomic mass is 79.9. The number of nitrogens with one attached hydrogen (secondary N) is 1. The van der Waals surface area contributed by atoms with Crippen LogP contribution in [0.1, 0.15) is 17.5 Å². The summed E-state index contributed by atoms with van der Waals surface area (Å²) in [5.74, 6) is 0. The Kier molecular flexibility index (Phi) is 4.42. The Labute approximate surface area is 93.5 Å². The van der Waals surface area contributed by atoms with Crippen LogP contribution in [0, 0.1) is 13.8 Å². The Bertz CT molecular complexity index is 289. The molecule has 0 unspecified atom stereocenters. The van der Waals surface area contributed by atoms with Crippen LogP contribution in [0.4, 0.5) is 5.69 Å².